The molecule has 0 N–H and O–H groups in total. The van der Waals surface area contributed by atoms with Gasteiger partial charge in [-0.05, 0) is 29.7 Å². The van der Waals surface area contributed by atoms with Crippen LogP contribution in [0.3, 0.4) is 0 Å². The van der Waals surface area contributed by atoms with E-state index in [0.29, 0.717) is 36.8 Å². The van der Waals surface area contributed by atoms with Crippen molar-refractivity contribution in [2.75, 3.05) is 26.2 Å². The summed E-state index contributed by atoms with van der Waals surface area (Å²) in [4.78, 5) is 29.5. The number of hydrogen-bond donors (Lipinski definition) is 0. The van der Waals surface area contributed by atoms with Crippen LogP contribution in [0.1, 0.15) is 35.7 Å². The van der Waals surface area contributed by atoms with Crippen molar-refractivity contribution in [1.82, 2.24) is 9.80 Å². The number of halogens is 1. The van der Waals surface area contributed by atoms with E-state index < -0.39 is 0 Å². The first-order valence-electron chi connectivity index (χ1n) is 9.36. The first-order valence-corrected chi connectivity index (χ1v) is 9.73. The van der Waals surface area contributed by atoms with Crippen LogP contribution in [0.4, 0.5) is 0 Å². The molecule has 1 heterocycles. The summed E-state index contributed by atoms with van der Waals surface area (Å²) >= 11 is 5.99. The lowest BCUT2D eigenvalue weighted by Gasteiger charge is -2.37. The highest BCUT2D eigenvalue weighted by atomic mass is 35.5. The lowest BCUT2D eigenvalue weighted by molar-refractivity contribution is -0.135. The Morgan fingerprint density at radius 3 is 2.11 bits per heavy atom. The zero-order valence-electron chi connectivity index (χ0n) is 15.8. The van der Waals surface area contributed by atoms with Crippen LogP contribution in [0.15, 0.2) is 54.6 Å². The highest BCUT2D eigenvalue weighted by Gasteiger charge is 2.31. The lowest BCUT2D eigenvalue weighted by atomic mass is 9.87. The Kier molecular flexibility index (Phi) is 6.17. The van der Waals surface area contributed by atoms with Crippen molar-refractivity contribution in [2.45, 2.75) is 19.8 Å². The van der Waals surface area contributed by atoms with Crippen molar-refractivity contribution >= 4 is 23.4 Å². The summed E-state index contributed by atoms with van der Waals surface area (Å²) < 4.78 is 0. The third kappa shape index (κ3) is 4.51. The second kappa shape index (κ2) is 8.57. The minimum Gasteiger partial charge on any atom is -0.339 e. The van der Waals surface area contributed by atoms with Crippen LogP contribution >= 0.6 is 11.6 Å². The van der Waals surface area contributed by atoms with E-state index in [9.17, 15) is 9.59 Å². The molecule has 0 spiro atoms. The normalized spacial score (nSPS) is 15.7. The van der Waals surface area contributed by atoms with Gasteiger partial charge >= 0.3 is 0 Å². The lowest BCUT2D eigenvalue weighted by Crippen LogP contribution is -2.52. The summed E-state index contributed by atoms with van der Waals surface area (Å²) in [7, 11) is 0. The summed E-state index contributed by atoms with van der Waals surface area (Å²) in [5.74, 6) is 0.173. The fourth-order valence-corrected chi connectivity index (χ4v) is 3.79. The van der Waals surface area contributed by atoms with Crippen molar-refractivity contribution in [3.63, 3.8) is 0 Å². The number of piperazine rings is 1. The molecule has 1 saturated heterocycles. The van der Waals surface area contributed by atoms with Crippen LogP contribution in [0.25, 0.3) is 0 Å². The van der Waals surface area contributed by atoms with E-state index in [2.05, 4.69) is 13.8 Å². The molecule has 0 saturated carbocycles. The van der Waals surface area contributed by atoms with Crippen molar-refractivity contribution in [3.8, 4) is 0 Å². The quantitative estimate of drug-likeness (QED) is 0.797. The summed E-state index contributed by atoms with van der Waals surface area (Å²) in [6.07, 6.45) is 0. The second-order valence-electron chi connectivity index (χ2n) is 7.26. The van der Waals surface area contributed by atoms with Gasteiger partial charge in [-0.15, -0.1) is 0 Å². The molecule has 0 bridgehead atoms. The predicted octanol–water partition coefficient (Wildman–Crippen LogP) is 4.06. The molecule has 5 heteroatoms. The average molecular weight is 385 g/mol. The van der Waals surface area contributed by atoms with E-state index in [1.54, 1.807) is 29.2 Å². The SMILES string of the molecule is CC(C)C(C(=O)N1CCN(C(=O)c2cccc(Cl)c2)CC1)c1ccccc1. The zero-order chi connectivity index (χ0) is 19.4. The summed E-state index contributed by atoms with van der Waals surface area (Å²) in [5.41, 5.74) is 1.64. The Bertz CT molecular complexity index is 799. The Labute approximate surface area is 165 Å². The van der Waals surface area contributed by atoms with Crippen LogP contribution in [0.2, 0.25) is 5.02 Å². The van der Waals surface area contributed by atoms with Crippen molar-refractivity contribution in [3.05, 3.63) is 70.7 Å². The van der Waals surface area contributed by atoms with Crippen molar-refractivity contribution in [1.29, 1.82) is 0 Å². The van der Waals surface area contributed by atoms with E-state index in [1.165, 1.54) is 0 Å². The predicted molar refractivity (Wildman–Crippen MR) is 108 cm³/mol. The van der Waals surface area contributed by atoms with Gasteiger partial charge in [0.15, 0.2) is 0 Å². The maximum atomic E-state index is 13.1. The van der Waals surface area contributed by atoms with E-state index in [0.717, 1.165) is 5.56 Å². The van der Waals surface area contributed by atoms with Crippen molar-refractivity contribution in [2.24, 2.45) is 5.92 Å². The van der Waals surface area contributed by atoms with E-state index in [1.807, 2.05) is 35.2 Å². The zero-order valence-corrected chi connectivity index (χ0v) is 16.5. The van der Waals surface area contributed by atoms with E-state index in [-0.39, 0.29) is 23.7 Å². The molecule has 142 valence electrons. The fourth-order valence-electron chi connectivity index (χ4n) is 3.60. The van der Waals surface area contributed by atoms with Gasteiger partial charge in [0.05, 0.1) is 5.92 Å². The van der Waals surface area contributed by atoms with Gasteiger partial charge in [-0.25, -0.2) is 0 Å². The fraction of sp³-hybridized carbons (Fsp3) is 0.364. The van der Waals surface area contributed by atoms with E-state index in [4.69, 9.17) is 11.6 Å². The molecular weight excluding hydrogens is 360 g/mol. The van der Waals surface area contributed by atoms with Gasteiger partial charge < -0.3 is 9.80 Å². The molecule has 1 atom stereocenters. The van der Waals surface area contributed by atoms with Gasteiger partial charge in [-0.3, -0.25) is 9.59 Å². The Morgan fingerprint density at radius 1 is 0.889 bits per heavy atom. The summed E-state index contributed by atoms with van der Waals surface area (Å²) in [6, 6.07) is 16.9. The van der Waals surface area contributed by atoms with Gasteiger partial charge in [0.25, 0.3) is 5.91 Å². The van der Waals surface area contributed by atoms with Crippen molar-refractivity contribution < 1.29 is 9.59 Å². The number of amides is 2. The number of benzene rings is 2. The molecule has 1 aliphatic rings. The molecule has 1 aliphatic heterocycles. The largest absolute Gasteiger partial charge is 0.339 e. The third-order valence-corrected chi connectivity index (χ3v) is 5.28. The van der Waals surface area contributed by atoms with Crippen LogP contribution < -0.4 is 0 Å². The molecule has 2 amide bonds. The molecule has 4 nitrogen and oxygen atoms in total. The van der Waals surface area contributed by atoms with Gasteiger partial charge in [0.1, 0.15) is 0 Å². The van der Waals surface area contributed by atoms with Gasteiger partial charge in [0, 0.05) is 36.8 Å². The Balaban J connectivity index is 1.66. The number of carbonyl (C=O) groups is 2. The number of hydrogen-bond acceptors (Lipinski definition) is 2. The first kappa shape index (κ1) is 19.4. The van der Waals surface area contributed by atoms with Crippen LogP contribution in [0.5, 0.6) is 0 Å². The third-order valence-electron chi connectivity index (χ3n) is 5.04. The molecule has 3 rings (SSSR count). The summed E-state index contributed by atoms with van der Waals surface area (Å²) in [6.45, 7) is 6.35. The minimum absolute atomic E-state index is 0.0342. The molecular formula is C22H25ClN2O2. The second-order valence-corrected chi connectivity index (χ2v) is 7.70. The number of nitrogens with zero attached hydrogens (tertiary/aromatic N) is 2. The maximum Gasteiger partial charge on any atom is 0.254 e. The Morgan fingerprint density at radius 2 is 1.52 bits per heavy atom. The molecule has 0 radical (unpaired) electrons. The standard InChI is InChI=1S/C22H25ClN2O2/c1-16(2)20(17-7-4-3-5-8-17)22(27)25-13-11-24(12-14-25)21(26)18-9-6-10-19(23)15-18/h3-10,15-16,20H,11-14H2,1-2H3. The van der Waals surface area contributed by atoms with Gasteiger partial charge in [0.2, 0.25) is 5.91 Å². The number of carbonyl (C=O) groups excluding carboxylic acids is 2. The molecule has 1 unspecified atom stereocenters. The molecule has 2 aromatic carbocycles. The minimum atomic E-state index is -0.151. The topological polar surface area (TPSA) is 40.6 Å². The Hall–Kier alpha value is -2.33. The van der Waals surface area contributed by atoms with E-state index >= 15 is 0 Å². The molecule has 1 fully saturated rings. The van der Waals surface area contributed by atoms with Crippen LogP contribution in [0, 0.1) is 5.92 Å². The van der Waals surface area contributed by atoms with Crippen LogP contribution in [-0.4, -0.2) is 47.8 Å². The molecule has 2 aromatic rings. The first-order chi connectivity index (χ1) is 13.0. The summed E-state index contributed by atoms with van der Waals surface area (Å²) in [5, 5.41) is 0.553. The van der Waals surface area contributed by atoms with Gasteiger partial charge in [-0.2, -0.15) is 0 Å². The molecule has 0 aromatic heterocycles. The highest BCUT2D eigenvalue weighted by molar-refractivity contribution is 6.30. The maximum absolute atomic E-state index is 13.1. The van der Waals surface area contributed by atoms with Gasteiger partial charge in [-0.1, -0.05) is 61.8 Å². The average Bonchev–Trinajstić information content (AvgIpc) is 2.68. The van der Waals surface area contributed by atoms with Crippen LogP contribution in [-0.2, 0) is 4.79 Å². The number of rotatable bonds is 4. The molecule has 0 aliphatic carbocycles. The molecule has 27 heavy (non-hydrogen) atoms. The smallest absolute Gasteiger partial charge is 0.254 e. The monoisotopic (exact) mass is 384 g/mol. The highest BCUT2D eigenvalue weighted by Crippen LogP contribution is 2.27.